The third kappa shape index (κ3) is 1.61. The SMILES string of the molecule is CC(=O)c1oc2c(Br)cc(C)cc2c1C. The summed E-state index contributed by atoms with van der Waals surface area (Å²) in [5, 5.41) is 1.01. The summed E-state index contributed by atoms with van der Waals surface area (Å²) in [6.45, 7) is 5.45. The summed E-state index contributed by atoms with van der Waals surface area (Å²) in [5.74, 6) is 0.421. The van der Waals surface area contributed by atoms with Crippen LogP contribution in [0, 0.1) is 13.8 Å². The Balaban J connectivity index is 2.88. The van der Waals surface area contributed by atoms with Crippen molar-refractivity contribution in [2.75, 3.05) is 0 Å². The van der Waals surface area contributed by atoms with Gasteiger partial charge >= 0.3 is 0 Å². The second kappa shape index (κ2) is 3.49. The summed E-state index contributed by atoms with van der Waals surface area (Å²) in [5.41, 5.74) is 2.82. The number of furan rings is 1. The Morgan fingerprint density at radius 3 is 2.60 bits per heavy atom. The summed E-state index contributed by atoms with van der Waals surface area (Å²) in [6.07, 6.45) is 0. The number of halogens is 1. The van der Waals surface area contributed by atoms with Gasteiger partial charge in [0.2, 0.25) is 0 Å². The standard InChI is InChI=1S/C12H11BrO2/c1-6-4-9-7(2)11(8(3)14)15-12(9)10(13)5-6/h4-5H,1-3H3. The molecule has 2 aromatic rings. The van der Waals surface area contributed by atoms with Gasteiger partial charge in [0.15, 0.2) is 11.5 Å². The summed E-state index contributed by atoms with van der Waals surface area (Å²) in [7, 11) is 0. The molecule has 0 amide bonds. The van der Waals surface area contributed by atoms with Crippen molar-refractivity contribution in [3.05, 3.63) is 33.5 Å². The van der Waals surface area contributed by atoms with Gasteiger partial charge in [-0.2, -0.15) is 0 Å². The highest BCUT2D eigenvalue weighted by molar-refractivity contribution is 9.10. The quantitative estimate of drug-likeness (QED) is 0.730. The highest BCUT2D eigenvalue weighted by Gasteiger charge is 2.15. The molecule has 0 unspecified atom stereocenters. The average Bonchev–Trinajstić information content (AvgIpc) is 2.44. The van der Waals surface area contributed by atoms with E-state index in [1.165, 1.54) is 6.92 Å². The minimum absolute atomic E-state index is 0.0340. The summed E-state index contributed by atoms with van der Waals surface area (Å²) >= 11 is 3.44. The largest absolute Gasteiger partial charge is 0.451 e. The molecule has 0 spiro atoms. The number of aryl methyl sites for hydroxylation is 2. The van der Waals surface area contributed by atoms with Crippen molar-refractivity contribution in [3.8, 4) is 0 Å². The highest BCUT2D eigenvalue weighted by atomic mass is 79.9. The molecule has 1 aromatic heterocycles. The van der Waals surface area contributed by atoms with Crippen molar-refractivity contribution in [3.63, 3.8) is 0 Å². The van der Waals surface area contributed by atoms with Gasteiger partial charge in [-0.1, -0.05) is 0 Å². The van der Waals surface area contributed by atoms with Gasteiger partial charge in [0, 0.05) is 17.9 Å². The Bertz CT molecular complexity index is 552. The number of fused-ring (bicyclic) bond motifs is 1. The number of carbonyl (C=O) groups excluding carboxylic acids is 1. The molecule has 1 heterocycles. The monoisotopic (exact) mass is 266 g/mol. The molecule has 0 bridgehead atoms. The number of Topliss-reactive ketones (excluding diaryl/α,β-unsaturated/α-hetero) is 1. The minimum atomic E-state index is -0.0340. The van der Waals surface area contributed by atoms with Gasteiger partial charge in [-0.15, -0.1) is 0 Å². The zero-order valence-electron chi connectivity index (χ0n) is 8.85. The van der Waals surface area contributed by atoms with E-state index in [1.54, 1.807) is 0 Å². The van der Waals surface area contributed by atoms with E-state index in [0.717, 1.165) is 26.6 Å². The molecule has 0 saturated carbocycles. The Kier molecular flexibility index (Phi) is 2.43. The lowest BCUT2D eigenvalue weighted by molar-refractivity contribution is 0.0988. The van der Waals surface area contributed by atoms with Gasteiger partial charge in [-0.3, -0.25) is 4.79 Å². The van der Waals surface area contributed by atoms with E-state index in [2.05, 4.69) is 15.9 Å². The molecule has 0 N–H and O–H groups in total. The number of carbonyl (C=O) groups is 1. The van der Waals surface area contributed by atoms with Crippen LogP contribution in [0.15, 0.2) is 21.0 Å². The maximum Gasteiger partial charge on any atom is 0.195 e. The van der Waals surface area contributed by atoms with Crippen LogP contribution in [-0.2, 0) is 0 Å². The molecule has 0 radical (unpaired) electrons. The molecule has 0 atom stereocenters. The molecule has 2 rings (SSSR count). The van der Waals surface area contributed by atoms with E-state index in [9.17, 15) is 4.79 Å². The number of hydrogen-bond donors (Lipinski definition) is 0. The maximum absolute atomic E-state index is 11.3. The van der Waals surface area contributed by atoms with E-state index >= 15 is 0 Å². The fraction of sp³-hybridized carbons (Fsp3) is 0.250. The Morgan fingerprint density at radius 1 is 1.33 bits per heavy atom. The first kappa shape index (κ1) is 10.4. The van der Waals surface area contributed by atoms with Gasteiger partial charge in [-0.05, 0) is 47.5 Å². The van der Waals surface area contributed by atoms with E-state index in [1.807, 2.05) is 26.0 Å². The maximum atomic E-state index is 11.3. The molecule has 0 saturated heterocycles. The molecule has 3 heteroatoms. The molecule has 0 aliphatic carbocycles. The molecule has 78 valence electrons. The van der Waals surface area contributed by atoms with E-state index in [-0.39, 0.29) is 5.78 Å². The Hall–Kier alpha value is -1.09. The van der Waals surface area contributed by atoms with E-state index in [4.69, 9.17) is 4.42 Å². The normalized spacial score (nSPS) is 10.9. The smallest absolute Gasteiger partial charge is 0.195 e. The lowest BCUT2D eigenvalue weighted by Gasteiger charge is -1.95. The first-order valence-electron chi connectivity index (χ1n) is 4.71. The first-order valence-corrected chi connectivity index (χ1v) is 5.50. The van der Waals surface area contributed by atoms with Crippen LogP contribution in [0.3, 0.4) is 0 Å². The summed E-state index contributed by atoms with van der Waals surface area (Å²) in [6, 6.07) is 4.01. The number of hydrogen-bond acceptors (Lipinski definition) is 2. The van der Waals surface area contributed by atoms with Crippen LogP contribution in [0.4, 0.5) is 0 Å². The number of ketones is 1. The lowest BCUT2D eigenvalue weighted by atomic mass is 10.1. The molecule has 0 aliphatic rings. The summed E-state index contributed by atoms with van der Waals surface area (Å²) in [4.78, 5) is 11.3. The Labute approximate surface area is 96.4 Å². The van der Waals surface area contributed by atoms with Gasteiger partial charge < -0.3 is 4.42 Å². The van der Waals surface area contributed by atoms with Crippen molar-refractivity contribution in [1.82, 2.24) is 0 Å². The molecule has 2 nitrogen and oxygen atoms in total. The van der Waals surface area contributed by atoms with Crippen LogP contribution >= 0.6 is 15.9 Å². The van der Waals surface area contributed by atoms with Gasteiger partial charge in [0.1, 0.15) is 5.58 Å². The fourth-order valence-electron chi connectivity index (χ4n) is 1.75. The topological polar surface area (TPSA) is 30.2 Å². The second-order valence-electron chi connectivity index (χ2n) is 3.74. The Morgan fingerprint density at radius 2 is 2.00 bits per heavy atom. The van der Waals surface area contributed by atoms with Crippen molar-refractivity contribution in [2.24, 2.45) is 0 Å². The third-order valence-electron chi connectivity index (χ3n) is 2.46. The number of benzene rings is 1. The summed E-state index contributed by atoms with van der Waals surface area (Å²) < 4.78 is 6.45. The zero-order valence-corrected chi connectivity index (χ0v) is 10.4. The lowest BCUT2D eigenvalue weighted by Crippen LogP contribution is -1.90. The van der Waals surface area contributed by atoms with Gasteiger partial charge in [-0.25, -0.2) is 0 Å². The van der Waals surface area contributed by atoms with Crippen LogP contribution in [0.25, 0.3) is 11.0 Å². The zero-order chi connectivity index (χ0) is 11.2. The van der Waals surface area contributed by atoms with Crippen LogP contribution in [-0.4, -0.2) is 5.78 Å². The number of rotatable bonds is 1. The van der Waals surface area contributed by atoms with Crippen LogP contribution in [0.5, 0.6) is 0 Å². The molecule has 1 aromatic carbocycles. The molecular formula is C12H11BrO2. The predicted molar refractivity (Wildman–Crippen MR) is 63.4 cm³/mol. The third-order valence-corrected chi connectivity index (χ3v) is 3.05. The van der Waals surface area contributed by atoms with Crippen molar-refractivity contribution in [1.29, 1.82) is 0 Å². The van der Waals surface area contributed by atoms with Gasteiger partial charge in [0.05, 0.1) is 4.47 Å². The molecule has 15 heavy (non-hydrogen) atoms. The van der Waals surface area contributed by atoms with Gasteiger partial charge in [0.25, 0.3) is 0 Å². The predicted octanol–water partition coefficient (Wildman–Crippen LogP) is 4.01. The molecule has 0 fully saturated rings. The fourth-order valence-corrected chi connectivity index (χ4v) is 2.40. The first-order chi connectivity index (χ1) is 7.00. The molecular weight excluding hydrogens is 256 g/mol. The molecule has 0 aliphatic heterocycles. The van der Waals surface area contributed by atoms with Crippen LogP contribution < -0.4 is 0 Å². The van der Waals surface area contributed by atoms with Crippen molar-refractivity contribution >= 4 is 32.7 Å². The average molecular weight is 267 g/mol. The minimum Gasteiger partial charge on any atom is -0.451 e. The van der Waals surface area contributed by atoms with E-state index in [0.29, 0.717) is 5.76 Å². The van der Waals surface area contributed by atoms with Crippen molar-refractivity contribution in [2.45, 2.75) is 20.8 Å². The second-order valence-corrected chi connectivity index (χ2v) is 4.59. The van der Waals surface area contributed by atoms with Crippen molar-refractivity contribution < 1.29 is 9.21 Å². The van der Waals surface area contributed by atoms with Crippen LogP contribution in [0.2, 0.25) is 0 Å². The highest BCUT2D eigenvalue weighted by Crippen LogP contribution is 2.32. The van der Waals surface area contributed by atoms with Crippen LogP contribution in [0.1, 0.15) is 28.6 Å². The van der Waals surface area contributed by atoms with E-state index < -0.39 is 0 Å².